The molecule has 14 nitrogen and oxygen atoms in total. The lowest BCUT2D eigenvalue weighted by molar-refractivity contribution is -0.140. The highest BCUT2D eigenvalue weighted by Crippen LogP contribution is 2.41. The van der Waals surface area contributed by atoms with Gasteiger partial charge in [0.15, 0.2) is 34.6 Å². The Hall–Kier alpha value is -7.64. The van der Waals surface area contributed by atoms with Gasteiger partial charge in [-0.25, -0.2) is 25.6 Å². The van der Waals surface area contributed by atoms with E-state index in [4.69, 9.17) is 28.4 Å². The van der Waals surface area contributed by atoms with Gasteiger partial charge in [0, 0.05) is 51.9 Å². The van der Waals surface area contributed by atoms with E-state index in [-0.39, 0.29) is 16.0 Å². The normalized spacial score (nSPS) is 11.8. The third kappa shape index (κ3) is 12.0. The first kappa shape index (κ1) is 53.2. The van der Waals surface area contributed by atoms with E-state index in [2.05, 4.69) is 25.9 Å². The number of anilines is 2. The molecule has 2 heterocycles. The van der Waals surface area contributed by atoms with Gasteiger partial charge < -0.3 is 28.4 Å². The van der Waals surface area contributed by atoms with E-state index in [1.165, 1.54) is 59.0 Å². The number of halogens is 9. The fraction of sp³-hybridized carbons (Fsp3) is 0.125. The van der Waals surface area contributed by atoms with Crippen molar-refractivity contribution in [2.45, 2.75) is 22.1 Å². The molecule has 0 aliphatic heterocycles. The molecule has 0 radical (unpaired) electrons. The number of aromatic nitrogens is 2. The van der Waals surface area contributed by atoms with Crippen LogP contribution in [0.1, 0.15) is 11.1 Å². The van der Waals surface area contributed by atoms with E-state index < -0.39 is 76.3 Å². The van der Waals surface area contributed by atoms with Crippen molar-refractivity contribution in [1.82, 2.24) is 9.97 Å². The van der Waals surface area contributed by atoms with Gasteiger partial charge >= 0.3 is 12.4 Å². The maximum Gasteiger partial charge on any atom is 0.417 e. The summed E-state index contributed by atoms with van der Waals surface area (Å²) in [6.45, 7) is 0. The molecule has 2 N–H and O–H groups in total. The van der Waals surface area contributed by atoms with Crippen LogP contribution in [0.4, 0.5) is 46.5 Å². The number of pyridine rings is 2. The number of hydrogen-bond acceptors (Lipinski definition) is 12. The van der Waals surface area contributed by atoms with Crippen LogP contribution in [0.3, 0.4) is 0 Å². The van der Waals surface area contributed by atoms with Gasteiger partial charge in [-0.15, -0.1) is 0 Å². The number of nitrogens with one attached hydrogen (secondary N) is 2. The number of hydrogen-bond donors (Lipinski definition) is 2. The van der Waals surface area contributed by atoms with Gasteiger partial charge in [0.2, 0.25) is 0 Å². The molecule has 8 aromatic rings. The zero-order valence-electron chi connectivity index (χ0n) is 37.8. The van der Waals surface area contributed by atoms with E-state index in [9.17, 15) is 52.0 Å². The Balaban J connectivity index is 0.000000214. The predicted octanol–water partition coefficient (Wildman–Crippen LogP) is 12.8. The maximum atomic E-state index is 14.8. The van der Waals surface area contributed by atoms with Crippen LogP contribution in [0.15, 0.2) is 142 Å². The zero-order chi connectivity index (χ0) is 53.0. The average Bonchev–Trinajstić information content (AvgIpc) is 3.34. The Morgan fingerprint density at radius 1 is 0.493 bits per heavy atom. The predicted molar refractivity (Wildman–Crippen MR) is 255 cm³/mol. The lowest BCUT2D eigenvalue weighted by Gasteiger charge is -2.15. The molecular formula is C48H35BrF8N4O10S2. The first-order chi connectivity index (χ1) is 34.5. The minimum Gasteiger partial charge on any atom is -0.493 e. The minimum absolute atomic E-state index is 0.00780. The van der Waals surface area contributed by atoms with Gasteiger partial charge in [0.25, 0.3) is 20.0 Å². The SMILES string of the molecule is COc1cc2nccc(Oc3ccc(NS(=O)(=O)c4ccc(C(F)(F)F)cc4Br)c(F)c3)c2cc1OC.COc1cc2nccc(Oc3ccc(NS(=O)(=O)c4ccccc4C(F)(F)F)c(F)c3)c2cc1OC. The third-order valence-electron chi connectivity index (χ3n) is 10.3. The first-order valence-electron chi connectivity index (χ1n) is 20.5. The number of nitrogens with zero attached hydrogens (tertiary/aromatic N) is 2. The standard InChI is InChI=1S/C24H17BrF4N2O5S.C24H18F4N2O5S/c1-34-21-11-15-19(12-22(21)35-2)30-8-7-20(15)36-14-4-5-18(17(26)10-14)31-37(32,33)23-6-3-13(9-16(23)25)24(27,28)29;1-33-21-12-15-19(13-22(21)34-2)29-10-9-20(15)35-14-7-8-18(17(25)11-14)30-36(31,32)23-6-4-3-5-16(23)24(26,27)28/h3-12,31H,1-2H3;3-13,30H,1-2H3. The van der Waals surface area contributed by atoms with Crippen molar-refractivity contribution in [3.63, 3.8) is 0 Å². The summed E-state index contributed by atoms with van der Waals surface area (Å²) in [5.41, 5.74) is -2.34. The molecule has 25 heteroatoms. The van der Waals surface area contributed by atoms with Crippen molar-refractivity contribution >= 4 is 69.2 Å². The minimum atomic E-state index is -4.92. The van der Waals surface area contributed by atoms with Crippen molar-refractivity contribution in [1.29, 1.82) is 0 Å². The Morgan fingerprint density at radius 3 is 1.34 bits per heavy atom. The number of ether oxygens (including phenoxy) is 6. The largest absolute Gasteiger partial charge is 0.493 e. The molecule has 0 spiro atoms. The van der Waals surface area contributed by atoms with Crippen LogP contribution in [-0.4, -0.2) is 55.2 Å². The molecule has 6 aromatic carbocycles. The Morgan fingerprint density at radius 2 is 0.932 bits per heavy atom. The topological polar surface area (TPSA) is 174 Å². The van der Waals surface area contributed by atoms with Crippen molar-refractivity contribution < 1.29 is 80.4 Å². The highest BCUT2D eigenvalue weighted by atomic mass is 79.9. The summed E-state index contributed by atoms with van der Waals surface area (Å²) in [4.78, 5) is 6.99. The summed E-state index contributed by atoms with van der Waals surface area (Å²) in [5.74, 6) is 0.412. The van der Waals surface area contributed by atoms with Crippen LogP contribution in [-0.2, 0) is 32.4 Å². The second-order valence-electron chi connectivity index (χ2n) is 14.9. The van der Waals surface area contributed by atoms with Gasteiger partial charge in [-0.1, -0.05) is 12.1 Å². The van der Waals surface area contributed by atoms with E-state index >= 15 is 0 Å². The van der Waals surface area contributed by atoms with E-state index in [0.717, 1.165) is 48.5 Å². The quantitative estimate of drug-likeness (QED) is 0.0988. The highest BCUT2D eigenvalue weighted by molar-refractivity contribution is 9.10. The van der Waals surface area contributed by atoms with E-state index in [1.54, 1.807) is 30.3 Å². The van der Waals surface area contributed by atoms with Crippen LogP contribution in [0, 0.1) is 11.6 Å². The number of benzene rings is 6. The van der Waals surface area contributed by atoms with Crippen LogP contribution >= 0.6 is 15.9 Å². The molecule has 382 valence electrons. The summed E-state index contributed by atoms with van der Waals surface area (Å²) in [6.07, 6.45) is -6.61. The second kappa shape index (κ2) is 21.2. The van der Waals surface area contributed by atoms with E-state index in [0.29, 0.717) is 74.5 Å². The summed E-state index contributed by atoms with van der Waals surface area (Å²) in [7, 11) is -3.28. The van der Waals surface area contributed by atoms with Crippen molar-refractivity contribution in [3.8, 4) is 46.0 Å². The Kier molecular flexibility index (Phi) is 15.5. The summed E-state index contributed by atoms with van der Waals surface area (Å²) in [6, 6.07) is 22.0. The summed E-state index contributed by atoms with van der Waals surface area (Å²) in [5, 5.41) is 1.08. The Bertz CT molecular complexity index is 3610. The fourth-order valence-corrected chi connectivity index (χ4v) is 10.3. The Labute approximate surface area is 418 Å². The lowest BCUT2D eigenvalue weighted by Crippen LogP contribution is -2.19. The summed E-state index contributed by atoms with van der Waals surface area (Å²) >= 11 is 2.84. The molecule has 8 rings (SSSR count). The molecule has 0 fully saturated rings. The van der Waals surface area contributed by atoms with E-state index in [1.807, 2.05) is 9.44 Å². The molecule has 0 aliphatic rings. The van der Waals surface area contributed by atoms with Crippen molar-refractivity contribution in [3.05, 3.63) is 155 Å². The molecule has 0 saturated carbocycles. The monoisotopic (exact) mass is 1120 g/mol. The molecular weight excluding hydrogens is 1090 g/mol. The number of rotatable bonds is 14. The number of fused-ring (bicyclic) bond motifs is 2. The smallest absolute Gasteiger partial charge is 0.417 e. The van der Waals surface area contributed by atoms with Gasteiger partial charge in [0.05, 0.1) is 66.9 Å². The van der Waals surface area contributed by atoms with Crippen LogP contribution in [0.5, 0.6) is 46.0 Å². The molecule has 0 saturated heterocycles. The van der Waals surface area contributed by atoms with Crippen LogP contribution < -0.4 is 37.9 Å². The van der Waals surface area contributed by atoms with Gasteiger partial charge in [0.1, 0.15) is 27.9 Å². The first-order valence-corrected chi connectivity index (χ1v) is 24.3. The van der Waals surface area contributed by atoms with Crippen LogP contribution in [0.2, 0.25) is 0 Å². The molecule has 0 aliphatic carbocycles. The molecule has 0 atom stereocenters. The fourth-order valence-electron chi connectivity index (χ4n) is 6.84. The summed E-state index contributed by atoms with van der Waals surface area (Å²) < 4.78 is 195. The van der Waals surface area contributed by atoms with Crippen molar-refractivity contribution in [2.75, 3.05) is 37.9 Å². The van der Waals surface area contributed by atoms with Gasteiger partial charge in [-0.2, -0.15) is 26.3 Å². The number of alkyl halides is 6. The highest BCUT2D eigenvalue weighted by Gasteiger charge is 2.37. The van der Waals surface area contributed by atoms with Gasteiger partial charge in [-0.3, -0.25) is 19.4 Å². The molecule has 73 heavy (non-hydrogen) atoms. The number of methoxy groups -OCH3 is 4. The maximum absolute atomic E-state index is 14.8. The second-order valence-corrected chi connectivity index (χ2v) is 19.1. The molecule has 0 unspecified atom stereocenters. The van der Waals surface area contributed by atoms with Gasteiger partial charge in [-0.05, 0) is 94.8 Å². The van der Waals surface area contributed by atoms with Crippen LogP contribution in [0.25, 0.3) is 21.8 Å². The molecule has 0 amide bonds. The molecule has 0 bridgehead atoms. The van der Waals surface area contributed by atoms with Crippen molar-refractivity contribution in [2.24, 2.45) is 0 Å². The number of sulfonamides is 2. The third-order valence-corrected chi connectivity index (χ3v) is 14.0. The lowest BCUT2D eigenvalue weighted by atomic mass is 10.2. The average molecular weight is 1120 g/mol. The molecule has 2 aromatic heterocycles. The zero-order valence-corrected chi connectivity index (χ0v) is 41.0.